The van der Waals surface area contributed by atoms with E-state index in [-0.39, 0.29) is 18.8 Å². The average Bonchev–Trinajstić information content (AvgIpc) is 3.07. The molecule has 0 aromatic heterocycles. The summed E-state index contributed by atoms with van der Waals surface area (Å²) in [6, 6.07) is 38.2. The molecule has 5 nitrogen and oxygen atoms in total. The Morgan fingerprint density at radius 1 is 0.447 bits per heavy atom. The zero-order chi connectivity index (χ0) is 31.2. The van der Waals surface area contributed by atoms with Crippen molar-refractivity contribution < 1.29 is 18.9 Å². The lowest BCUT2D eigenvalue weighted by Gasteiger charge is -2.42. The van der Waals surface area contributed by atoms with Gasteiger partial charge in [0.2, 0.25) is 0 Å². The van der Waals surface area contributed by atoms with Gasteiger partial charge in [0.25, 0.3) is 13.4 Å². The van der Waals surface area contributed by atoms with Crippen molar-refractivity contribution in [1.29, 1.82) is 0 Å². The van der Waals surface area contributed by atoms with Crippen molar-refractivity contribution in [2.24, 2.45) is 0 Å². The maximum atomic E-state index is 7.12. The normalized spacial score (nSPS) is 14.8. The average molecular weight is 607 g/mol. The van der Waals surface area contributed by atoms with Crippen LogP contribution in [0.15, 0.2) is 109 Å². The minimum Gasteiger partial charge on any atom is -0.458 e. The first kappa shape index (κ1) is 25.6. The van der Waals surface area contributed by atoms with Crippen LogP contribution in [0.1, 0.15) is 26.3 Å². The number of anilines is 3. The lowest BCUT2D eigenvalue weighted by atomic mass is 9.31. The van der Waals surface area contributed by atoms with E-state index in [9.17, 15) is 0 Å². The van der Waals surface area contributed by atoms with E-state index < -0.39 is 0 Å². The Labute approximate surface area is 273 Å². The first-order valence-corrected chi connectivity index (χ1v) is 16.2. The summed E-state index contributed by atoms with van der Waals surface area (Å²) in [5, 5.41) is 0. The molecular weight excluding hydrogens is 580 g/mol. The molecule has 0 atom stereocenters. The highest BCUT2D eigenvalue weighted by molar-refractivity contribution is 7.02. The van der Waals surface area contributed by atoms with Crippen LogP contribution in [0, 0.1) is 0 Å². The van der Waals surface area contributed by atoms with Gasteiger partial charge >= 0.3 is 0 Å². The minimum atomic E-state index is -0.117. The van der Waals surface area contributed by atoms with Crippen LogP contribution in [0.3, 0.4) is 0 Å². The smallest absolute Gasteiger partial charge is 0.265 e. The second-order valence-corrected chi connectivity index (χ2v) is 14.1. The van der Waals surface area contributed by atoms with Crippen LogP contribution in [0.5, 0.6) is 46.0 Å². The third kappa shape index (κ3) is 3.31. The Hall–Kier alpha value is -5.55. The summed E-state index contributed by atoms with van der Waals surface area (Å²) >= 11 is 0. The summed E-state index contributed by atoms with van der Waals surface area (Å²) in [5.74, 6) is 6.50. The molecule has 0 N–H and O–H groups in total. The van der Waals surface area contributed by atoms with E-state index in [4.69, 9.17) is 18.9 Å². The van der Waals surface area contributed by atoms with Crippen molar-refractivity contribution in [2.75, 3.05) is 4.90 Å². The molecule has 5 aliphatic rings. The molecule has 0 spiro atoms. The zero-order valence-electron chi connectivity index (χ0n) is 26.1. The third-order valence-electron chi connectivity index (χ3n) is 10.4. The monoisotopic (exact) mass is 607 g/mol. The highest BCUT2D eigenvalue weighted by Crippen LogP contribution is 2.46. The Morgan fingerprint density at radius 2 is 0.957 bits per heavy atom. The number of rotatable bonds is 1. The van der Waals surface area contributed by atoms with Gasteiger partial charge in [-0.15, -0.1) is 0 Å². The van der Waals surface area contributed by atoms with E-state index in [1.165, 1.54) is 5.56 Å². The number of hydrogen-bond acceptors (Lipinski definition) is 5. The van der Waals surface area contributed by atoms with Crippen molar-refractivity contribution in [3.63, 3.8) is 0 Å². The summed E-state index contributed by atoms with van der Waals surface area (Å²) < 4.78 is 27.3. The summed E-state index contributed by atoms with van der Waals surface area (Å²) in [7, 11) is 0. The molecule has 6 aromatic carbocycles. The van der Waals surface area contributed by atoms with Crippen LogP contribution in [0.2, 0.25) is 0 Å². The van der Waals surface area contributed by atoms with Gasteiger partial charge in [0.1, 0.15) is 46.0 Å². The fourth-order valence-electron chi connectivity index (χ4n) is 8.28. The fraction of sp³-hybridized carbons (Fsp3) is 0.100. The number of nitrogens with zero attached hydrogens (tertiary/aromatic N) is 1. The molecule has 2 bridgehead atoms. The van der Waals surface area contributed by atoms with E-state index in [0.29, 0.717) is 0 Å². The number of hydrogen-bond donors (Lipinski definition) is 0. The zero-order valence-corrected chi connectivity index (χ0v) is 26.1. The van der Waals surface area contributed by atoms with Gasteiger partial charge in [-0.25, -0.2) is 0 Å². The molecule has 7 heteroatoms. The van der Waals surface area contributed by atoms with Crippen LogP contribution >= 0.6 is 0 Å². The summed E-state index contributed by atoms with van der Waals surface area (Å²) in [6.45, 7) is 6.54. The SMILES string of the molecule is CC(C)(C)c1cc2c3c(c1)N(c1ccccc1)c1cccc4c1B3c1cc3c(cc1O2)Oc1cccc2c1B3c1c(cccc1O4)O2. The Balaban J connectivity index is 1.28. The standard InChI is InChI=1S/C40H27B2NO4/c1-40(2,3)22-18-27-37-35(19-22)47-34-21-33-25-20-24(34)41(37)36-26(43(27)23-10-5-4-6-11-23)12-7-13-28(36)44-29-14-8-15-30-38(29)42(25)39-31(45-30)16-9-17-32(39)46-33/h4-21H,1-3H3. The van der Waals surface area contributed by atoms with Gasteiger partial charge in [0, 0.05) is 34.1 Å². The molecule has 0 saturated heterocycles. The van der Waals surface area contributed by atoms with Gasteiger partial charge in [-0.3, -0.25) is 0 Å². The van der Waals surface area contributed by atoms with E-state index >= 15 is 0 Å². The van der Waals surface area contributed by atoms with Gasteiger partial charge in [0.15, 0.2) is 0 Å². The number of ether oxygens (including phenoxy) is 4. The molecule has 5 aliphatic heterocycles. The van der Waals surface area contributed by atoms with E-state index in [2.05, 4.69) is 105 Å². The second-order valence-electron chi connectivity index (χ2n) is 14.1. The van der Waals surface area contributed by atoms with Crippen molar-refractivity contribution in [1.82, 2.24) is 0 Å². The van der Waals surface area contributed by atoms with Crippen molar-refractivity contribution in [3.8, 4) is 46.0 Å². The first-order valence-electron chi connectivity index (χ1n) is 16.2. The predicted octanol–water partition coefficient (Wildman–Crippen LogP) is 6.22. The molecule has 0 saturated carbocycles. The van der Waals surface area contributed by atoms with E-state index in [1.807, 2.05) is 30.3 Å². The molecule has 0 fully saturated rings. The van der Waals surface area contributed by atoms with Gasteiger partial charge in [-0.1, -0.05) is 63.2 Å². The Kier molecular flexibility index (Phi) is 4.70. The van der Waals surface area contributed by atoms with Gasteiger partial charge in [0.05, 0.1) is 0 Å². The topological polar surface area (TPSA) is 40.2 Å². The lowest BCUT2D eigenvalue weighted by Crippen LogP contribution is -2.63. The van der Waals surface area contributed by atoms with Crippen LogP contribution in [0.4, 0.5) is 17.1 Å². The Bertz CT molecular complexity index is 2380. The van der Waals surface area contributed by atoms with Crippen molar-refractivity contribution >= 4 is 63.3 Å². The molecule has 0 radical (unpaired) electrons. The number of para-hydroxylation sites is 1. The molecule has 0 aliphatic carbocycles. The molecule has 47 heavy (non-hydrogen) atoms. The van der Waals surface area contributed by atoms with Crippen LogP contribution < -0.4 is 56.6 Å². The highest BCUT2D eigenvalue weighted by Gasteiger charge is 2.48. The molecule has 0 unspecified atom stereocenters. The molecule has 6 aromatic rings. The van der Waals surface area contributed by atoms with Gasteiger partial charge < -0.3 is 23.8 Å². The van der Waals surface area contributed by atoms with Crippen LogP contribution in [-0.2, 0) is 5.41 Å². The maximum absolute atomic E-state index is 7.12. The van der Waals surface area contributed by atoms with Crippen molar-refractivity contribution in [2.45, 2.75) is 26.2 Å². The predicted molar refractivity (Wildman–Crippen MR) is 189 cm³/mol. The fourth-order valence-corrected chi connectivity index (χ4v) is 8.28. The van der Waals surface area contributed by atoms with Crippen LogP contribution in [-0.4, -0.2) is 13.4 Å². The molecular formula is C40H27B2NO4. The number of benzene rings is 6. The Morgan fingerprint density at radius 3 is 1.57 bits per heavy atom. The molecule has 11 rings (SSSR count). The van der Waals surface area contributed by atoms with E-state index in [0.717, 1.165) is 95.8 Å². The largest absolute Gasteiger partial charge is 0.458 e. The highest BCUT2D eigenvalue weighted by atomic mass is 16.5. The molecule has 222 valence electrons. The van der Waals surface area contributed by atoms with Gasteiger partial charge in [-0.05, 0) is 93.5 Å². The molecule has 0 amide bonds. The van der Waals surface area contributed by atoms with E-state index in [1.54, 1.807) is 0 Å². The third-order valence-corrected chi connectivity index (χ3v) is 10.4. The summed E-state index contributed by atoms with van der Waals surface area (Å²) in [5.41, 5.74) is 10.9. The first-order chi connectivity index (χ1) is 22.9. The lowest BCUT2D eigenvalue weighted by molar-refractivity contribution is 0.450. The van der Waals surface area contributed by atoms with Gasteiger partial charge in [-0.2, -0.15) is 0 Å². The summed E-state index contributed by atoms with van der Waals surface area (Å²) in [6.07, 6.45) is 0. The van der Waals surface area contributed by atoms with Crippen molar-refractivity contribution in [3.05, 3.63) is 115 Å². The van der Waals surface area contributed by atoms with Crippen LogP contribution in [0.25, 0.3) is 0 Å². The minimum absolute atomic E-state index is 0.0933. The quantitative estimate of drug-likeness (QED) is 0.207. The summed E-state index contributed by atoms with van der Waals surface area (Å²) in [4.78, 5) is 2.38. The maximum Gasteiger partial charge on any atom is 0.265 e. The second kappa shape index (κ2) is 8.62. The molecule has 5 heterocycles.